The van der Waals surface area contributed by atoms with Crippen LogP contribution in [0.15, 0.2) is 52.1 Å². The molecule has 0 aliphatic heterocycles. The maximum Gasteiger partial charge on any atom is 0.416 e. The van der Waals surface area contributed by atoms with Crippen molar-refractivity contribution in [3.63, 3.8) is 0 Å². The third-order valence-electron chi connectivity index (χ3n) is 5.39. The first-order valence-corrected chi connectivity index (χ1v) is 10.6. The van der Waals surface area contributed by atoms with E-state index in [1.807, 2.05) is 0 Å². The fourth-order valence-electron chi connectivity index (χ4n) is 3.43. The van der Waals surface area contributed by atoms with Gasteiger partial charge in [0.2, 0.25) is 5.69 Å². The number of aromatic nitrogens is 3. The Kier molecular flexibility index (Phi) is 6.37. The zero-order chi connectivity index (χ0) is 25.3. The summed E-state index contributed by atoms with van der Waals surface area (Å²) in [5, 5.41) is 6.64. The fourth-order valence-corrected chi connectivity index (χ4v) is 3.43. The highest BCUT2D eigenvalue weighted by Crippen LogP contribution is 2.30. The molecule has 0 saturated heterocycles. The molecule has 12 heteroatoms. The van der Waals surface area contributed by atoms with Gasteiger partial charge in [-0.25, -0.2) is 4.79 Å². The number of rotatable bonds is 7. The molecule has 1 fully saturated rings. The van der Waals surface area contributed by atoms with Gasteiger partial charge in [0.1, 0.15) is 0 Å². The van der Waals surface area contributed by atoms with Crippen molar-refractivity contribution in [1.29, 1.82) is 0 Å². The molecule has 4 rings (SSSR count). The fraction of sp³-hybridized carbons (Fsp3) is 0.304. The Morgan fingerprint density at radius 1 is 1.09 bits per heavy atom. The number of carbonyl (C=O) groups is 1. The summed E-state index contributed by atoms with van der Waals surface area (Å²) in [5.74, 6) is -0.142. The third kappa shape index (κ3) is 5.05. The van der Waals surface area contributed by atoms with Crippen LogP contribution in [-0.2, 0) is 12.7 Å². The maximum atomic E-state index is 13.3. The Labute approximate surface area is 196 Å². The van der Waals surface area contributed by atoms with Crippen LogP contribution < -0.4 is 26.0 Å². The van der Waals surface area contributed by atoms with Crippen molar-refractivity contribution < 1.29 is 27.4 Å². The molecule has 1 aliphatic carbocycles. The standard InChI is InChI=1S/C23H21F3N4O5/c1-34-17-9-8-16(11-18(17)35-2)30-22(33)29(12-13-4-3-5-14(10-13)23(24,25)26)21(32)19(28-30)20(31)27-15-6-7-15/h3-5,8-11,15H,6-7,12H2,1-2H3,(H,27,31). The summed E-state index contributed by atoms with van der Waals surface area (Å²) in [6.07, 6.45) is -3.10. The van der Waals surface area contributed by atoms with Gasteiger partial charge in [0, 0.05) is 12.1 Å². The average Bonchev–Trinajstić information content (AvgIpc) is 3.65. The maximum absolute atomic E-state index is 13.3. The van der Waals surface area contributed by atoms with Crippen LogP contribution in [0.1, 0.15) is 34.5 Å². The summed E-state index contributed by atoms with van der Waals surface area (Å²) >= 11 is 0. The van der Waals surface area contributed by atoms with Gasteiger partial charge in [0.15, 0.2) is 11.5 Å². The second-order valence-corrected chi connectivity index (χ2v) is 7.92. The van der Waals surface area contributed by atoms with Crippen LogP contribution in [0, 0.1) is 0 Å². The van der Waals surface area contributed by atoms with Gasteiger partial charge in [-0.3, -0.25) is 14.2 Å². The highest BCUT2D eigenvalue weighted by atomic mass is 19.4. The molecule has 3 aromatic rings. The molecule has 9 nitrogen and oxygen atoms in total. The van der Waals surface area contributed by atoms with Crippen LogP contribution >= 0.6 is 0 Å². The van der Waals surface area contributed by atoms with Crippen LogP contribution in [0.3, 0.4) is 0 Å². The highest BCUT2D eigenvalue weighted by Gasteiger charge is 2.31. The van der Waals surface area contributed by atoms with E-state index in [2.05, 4.69) is 10.4 Å². The quantitative estimate of drug-likeness (QED) is 0.546. The largest absolute Gasteiger partial charge is 0.493 e. The molecule has 1 aliphatic rings. The summed E-state index contributed by atoms with van der Waals surface area (Å²) in [6, 6.07) is 8.57. The number of benzene rings is 2. The van der Waals surface area contributed by atoms with E-state index < -0.39 is 41.1 Å². The Morgan fingerprint density at radius 3 is 2.43 bits per heavy atom. The van der Waals surface area contributed by atoms with Crippen molar-refractivity contribution in [2.75, 3.05) is 14.2 Å². The van der Waals surface area contributed by atoms with E-state index in [0.29, 0.717) is 10.3 Å². The highest BCUT2D eigenvalue weighted by molar-refractivity contribution is 5.92. The summed E-state index contributed by atoms with van der Waals surface area (Å²) in [6.45, 7) is -0.499. The molecular formula is C23H21F3N4O5. The lowest BCUT2D eigenvalue weighted by molar-refractivity contribution is -0.137. The van der Waals surface area contributed by atoms with Gasteiger partial charge in [-0.05, 0) is 42.7 Å². The third-order valence-corrected chi connectivity index (χ3v) is 5.39. The first-order chi connectivity index (χ1) is 16.6. The van der Waals surface area contributed by atoms with E-state index >= 15 is 0 Å². The van der Waals surface area contributed by atoms with Crippen LogP contribution in [0.2, 0.25) is 0 Å². The number of alkyl halides is 3. The van der Waals surface area contributed by atoms with Gasteiger partial charge >= 0.3 is 11.9 Å². The van der Waals surface area contributed by atoms with Gasteiger partial charge in [0.05, 0.1) is 32.0 Å². The second kappa shape index (κ2) is 9.28. The predicted octanol–water partition coefficient (Wildman–Crippen LogP) is 2.37. The van der Waals surface area contributed by atoms with E-state index in [1.54, 1.807) is 0 Å². The Bertz CT molecular complexity index is 1390. The second-order valence-electron chi connectivity index (χ2n) is 7.92. The van der Waals surface area contributed by atoms with E-state index in [4.69, 9.17) is 9.47 Å². The van der Waals surface area contributed by atoms with Crippen molar-refractivity contribution >= 4 is 5.91 Å². The summed E-state index contributed by atoms with van der Waals surface area (Å²) < 4.78 is 51.4. The molecule has 1 aromatic heterocycles. The number of nitrogens with zero attached hydrogens (tertiary/aromatic N) is 3. The molecule has 1 saturated carbocycles. The first-order valence-electron chi connectivity index (χ1n) is 10.6. The molecule has 1 amide bonds. The SMILES string of the molecule is COc1ccc(-n2nc(C(=O)NC3CC3)c(=O)n(Cc3cccc(C(F)(F)F)c3)c2=O)cc1OC. The lowest BCUT2D eigenvalue weighted by Gasteiger charge is -2.14. The minimum absolute atomic E-state index is 0.0534. The lowest BCUT2D eigenvalue weighted by Crippen LogP contribution is -2.46. The van der Waals surface area contributed by atoms with Gasteiger partial charge in [-0.15, -0.1) is 0 Å². The molecular weight excluding hydrogens is 469 g/mol. The predicted molar refractivity (Wildman–Crippen MR) is 118 cm³/mol. The molecule has 1 N–H and O–H groups in total. The Morgan fingerprint density at radius 2 is 1.80 bits per heavy atom. The van der Waals surface area contributed by atoms with E-state index in [9.17, 15) is 27.6 Å². The number of nitrogens with one attached hydrogen (secondary N) is 1. The number of hydrogen-bond acceptors (Lipinski definition) is 6. The van der Waals surface area contributed by atoms with E-state index in [0.717, 1.165) is 29.7 Å². The van der Waals surface area contributed by atoms with Gasteiger partial charge in [-0.1, -0.05) is 12.1 Å². The minimum atomic E-state index is -4.60. The van der Waals surface area contributed by atoms with Crippen molar-refractivity contribution in [2.45, 2.75) is 31.6 Å². The lowest BCUT2D eigenvalue weighted by atomic mass is 10.1. The summed E-state index contributed by atoms with van der Waals surface area (Å²) in [5.41, 5.74) is -3.23. The zero-order valence-corrected chi connectivity index (χ0v) is 18.8. The van der Waals surface area contributed by atoms with Crippen LogP contribution in [0.5, 0.6) is 11.5 Å². The van der Waals surface area contributed by atoms with Crippen molar-refractivity contribution in [1.82, 2.24) is 19.7 Å². The normalized spacial score (nSPS) is 13.4. The van der Waals surface area contributed by atoms with E-state index in [-0.39, 0.29) is 23.0 Å². The van der Waals surface area contributed by atoms with Crippen molar-refractivity contribution in [2.24, 2.45) is 0 Å². The molecule has 0 unspecified atom stereocenters. The van der Waals surface area contributed by atoms with Gasteiger partial charge < -0.3 is 14.8 Å². The average molecular weight is 490 g/mol. The van der Waals surface area contributed by atoms with Crippen LogP contribution in [-0.4, -0.2) is 40.5 Å². The van der Waals surface area contributed by atoms with Gasteiger partial charge in [-0.2, -0.15) is 23.0 Å². The topological polar surface area (TPSA) is 104 Å². The number of hydrogen-bond donors (Lipinski definition) is 1. The molecule has 0 bridgehead atoms. The van der Waals surface area contributed by atoms with Crippen LogP contribution in [0.25, 0.3) is 5.69 Å². The smallest absolute Gasteiger partial charge is 0.416 e. The van der Waals surface area contributed by atoms with Gasteiger partial charge in [0.25, 0.3) is 11.5 Å². The van der Waals surface area contributed by atoms with E-state index in [1.165, 1.54) is 44.6 Å². The number of methoxy groups -OCH3 is 2. The molecule has 2 aromatic carbocycles. The van der Waals surface area contributed by atoms with Crippen molar-refractivity contribution in [3.05, 3.63) is 80.1 Å². The Balaban J connectivity index is 1.87. The molecule has 0 atom stereocenters. The summed E-state index contributed by atoms with van der Waals surface area (Å²) in [7, 11) is 2.82. The molecule has 184 valence electrons. The molecule has 0 radical (unpaired) electrons. The first kappa shape index (κ1) is 24.0. The molecule has 1 heterocycles. The number of carbonyl (C=O) groups excluding carboxylic acids is 1. The number of halogens is 3. The number of amides is 1. The van der Waals surface area contributed by atoms with Crippen LogP contribution in [0.4, 0.5) is 13.2 Å². The molecule has 35 heavy (non-hydrogen) atoms. The molecule has 0 spiro atoms. The zero-order valence-electron chi connectivity index (χ0n) is 18.8. The van der Waals surface area contributed by atoms with Crippen molar-refractivity contribution in [3.8, 4) is 17.2 Å². The minimum Gasteiger partial charge on any atom is -0.493 e. The number of ether oxygens (including phenoxy) is 2. The monoisotopic (exact) mass is 490 g/mol. The summed E-state index contributed by atoms with van der Waals surface area (Å²) in [4.78, 5) is 39.1. The Hall–Kier alpha value is -4.09.